The number of nitrogens with zero attached hydrogens (tertiary/aromatic N) is 3. The van der Waals surface area contributed by atoms with Crippen LogP contribution in [-0.4, -0.2) is 21.2 Å². The number of carbonyl (C=O) groups excluding carboxylic acids is 1. The fourth-order valence-electron chi connectivity index (χ4n) is 3.56. The van der Waals surface area contributed by atoms with Crippen molar-refractivity contribution >= 4 is 39.2 Å². The van der Waals surface area contributed by atoms with Crippen LogP contribution >= 0.6 is 0 Å². The standard InChI is InChI=1S/C23H19N3O4/c1-3-25-21-11-9-17(15(2)24-30-23(27)16-7-5-4-6-8-16)13-19(21)20-14-18(26(28)29)10-12-22(20)25/h4-14H,3H2,1-2H3/b24-15+. The molecular formula is C23H19N3O4. The van der Waals surface area contributed by atoms with Crippen LogP contribution in [0.3, 0.4) is 0 Å². The molecule has 4 rings (SSSR count). The molecule has 1 heterocycles. The lowest BCUT2D eigenvalue weighted by Crippen LogP contribution is -2.03. The van der Waals surface area contributed by atoms with Gasteiger partial charge in [0.05, 0.1) is 16.2 Å². The maximum absolute atomic E-state index is 12.1. The van der Waals surface area contributed by atoms with E-state index in [0.717, 1.165) is 33.9 Å². The first kappa shape index (κ1) is 19.3. The molecule has 0 aliphatic rings. The van der Waals surface area contributed by atoms with Gasteiger partial charge in [-0.05, 0) is 49.7 Å². The molecule has 0 fully saturated rings. The number of oxime groups is 1. The number of nitro groups is 1. The number of nitro benzene ring substituents is 1. The van der Waals surface area contributed by atoms with E-state index in [0.29, 0.717) is 11.3 Å². The lowest BCUT2D eigenvalue weighted by molar-refractivity contribution is -0.384. The van der Waals surface area contributed by atoms with E-state index in [1.807, 2.05) is 31.2 Å². The van der Waals surface area contributed by atoms with Crippen LogP contribution < -0.4 is 0 Å². The maximum atomic E-state index is 12.1. The van der Waals surface area contributed by atoms with Crippen molar-refractivity contribution in [2.24, 2.45) is 5.16 Å². The fourth-order valence-corrected chi connectivity index (χ4v) is 3.56. The van der Waals surface area contributed by atoms with E-state index < -0.39 is 10.9 Å². The molecule has 0 amide bonds. The van der Waals surface area contributed by atoms with Crippen LogP contribution in [0.5, 0.6) is 0 Å². The predicted molar refractivity (Wildman–Crippen MR) is 116 cm³/mol. The molecule has 0 saturated heterocycles. The first-order chi connectivity index (χ1) is 14.5. The van der Waals surface area contributed by atoms with Crippen LogP contribution in [0.25, 0.3) is 21.8 Å². The number of carbonyl (C=O) groups is 1. The Labute approximate surface area is 172 Å². The molecule has 0 bridgehead atoms. The summed E-state index contributed by atoms with van der Waals surface area (Å²) in [6.07, 6.45) is 0. The van der Waals surface area contributed by atoms with Crippen molar-refractivity contribution in [1.29, 1.82) is 0 Å². The molecule has 150 valence electrons. The molecule has 0 radical (unpaired) electrons. The summed E-state index contributed by atoms with van der Waals surface area (Å²) in [6, 6.07) is 19.3. The highest BCUT2D eigenvalue weighted by molar-refractivity contribution is 6.12. The van der Waals surface area contributed by atoms with E-state index in [1.54, 1.807) is 43.3 Å². The SMILES string of the molecule is CCn1c2ccc(/C(C)=N/OC(=O)c3ccccc3)cc2c2cc([N+](=O)[O-])ccc21. The summed E-state index contributed by atoms with van der Waals surface area (Å²) in [4.78, 5) is 28.0. The third-order valence-electron chi connectivity index (χ3n) is 5.07. The number of fused-ring (bicyclic) bond motifs is 3. The Morgan fingerprint density at radius 2 is 1.67 bits per heavy atom. The normalized spacial score (nSPS) is 11.7. The van der Waals surface area contributed by atoms with E-state index in [9.17, 15) is 14.9 Å². The van der Waals surface area contributed by atoms with Crippen molar-refractivity contribution in [3.63, 3.8) is 0 Å². The van der Waals surface area contributed by atoms with Crippen molar-refractivity contribution in [3.8, 4) is 0 Å². The number of aromatic nitrogens is 1. The Kier molecular flexibility index (Phi) is 5.02. The summed E-state index contributed by atoms with van der Waals surface area (Å²) in [7, 11) is 0. The van der Waals surface area contributed by atoms with Crippen LogP contribution in [0.2, 0.25) is 0 Å². The highest BCUT2D eigenvalue weighted by Gasteiger charge is 2.15. The van der Waals surface area contributed by atoms with Gasteiger partial charge in [-0.25, -0.2) is 4.79 Å². The van der Waals surface area contributed by atoms with Crippen LogP contribution in [0.15, 0.2) is 71.9 Å². The molecule has 0 aliphatic heterocycles. The number of hydrogen-bond acceptors (Lipinski definition) is 5. The molecule has 0 aliphatic carbocycles. The second kappa shape index (κ2) is 7.79. The van der Waals surface area contributed by atoms with Crippen LogP contribution in [0.4, 0.5) is 5.69 Å². The second-order valence-corrected chi connectivity index (χ2v) is 6.86. The Balaban J connectivity index is 1.74. The van der Waals surface area contributed by atoms with Crippen molar-refractivity contribution in [2.75, 3.05) is 0 Å². The van der Waals surface area contributed by atoms with Gasteiger partial charge in [0.2, 0.25) is 0 Å². The van der Waals surface area contributed by atoms with Crippen molar-refractivity contribution in [3.05, 3.63) is 88.0 Å². The van der Waals surface area contributed by atoms with Gasteiger partial charge in [-0.15, -0.1) is 0 Å². The summed E-state index contributed by atoms with van der Waals surface area (Å²) in [5.41, 5.74) is 3.67. The summed E-state index contributed by atoms with van der Waals surface area (Å²) in [5.74, 6) is -0.533. The van der Waals surface area contributed by atoms with Gasteiger partial charge < -0.3 is 9.40 Å². The Bertz CT molecular complexity index is 1310. The summed E-state index contributed by atoms with van der Waals surface area (Å²) in [6.45, 7) is 4.52. The second-order valence-electron chi connectivity index (χ2n) is 6.86. The molecule has 30 heavy (non-hydrogen) atoms. The van der Waals surface area contributed by atoms with E-state index in [-0.39, 0.29) is 5.69 Å². The number of benzene rings is 3. The largest absolute Gasteiger partial charge is 0.365 e. The third-order valence-corrected chi connectivity index (χ3v) is 5.07. The Hall–Kier alpha value is -4.00. The van der Waals surface area contributed by atoms with Gasteiger partial charge in [0.1, 0.15) is 0 Å². The number of hydrogen-bond donors (Lipinski definition) is 0. The zero-order valence-electron chi connectivity index (χ0n) is 16.5. The quantitative estimate of drug-likeness (QED) is 0.196. The van der Waals surface area contributed by atoms with E-state index >= 15 is 0 Å². The average Bonchev–Trinajstić information content (AvgIpc) is 3.09. The molecule has 7 heteroatoms. The lowest BCUT2D eigenvalue weighted by Gasteiger charge is -2.04. The molecule has 0 N–H and O–H groups in total. The third kappa shape index (κ3) is 3.41. The van der Waals surface area contributed by atoms with Crippen LogP contribution in [0.1, 0.15) is 29.8 Å². The van der Waals surface area contributed by atoms with Crippen LogP contribution in [0, 0.1) is 10.1 Å². The summed E-state index contributed by atoms with van der Waals surface area (Å²) >= 11 is 0. The Morgan fingerprint density at radius 1 is 1.00 bits per heavy atom. The topological polar surface area (TPSA) is 86.7 Å². The lowest BCUT2D eigenvalue weighted by atomic mass is 10.1. The molecule has 0 unspecified atom stereocenters. The molecule has 0 saturated carbocycles. The summed E-state index contributed by atoms with van der Waals surface area (Å²) < 4.78 is 2.11. The molecule has 4 aromatic rings. The molecule has 3 aromatic carbocycles. The van der Waals surface area contributed by atoms with Crippen molar-refractivity contribution in [1.82, 2.24) is 4.57 Å². The van der Waals surface area contributed by atoms with Gasteiger partial charge >= 0.3 is 5.97 Å². The smallest absolute Gasteiger partial charge is 0.341 e. The fraction of sp³-hybridized carbons (Fsp3) is 0.130. The summed E-state index contributed by atoms with van der Waals surface area (Å²) in [5, 5.41) is 16.9. The number of non-ortho nitro benzene ring substituents is 1. The van der Waals surface area contributed by atoms with E-state index in [4.69, 9.17) is 4.84 Å². The van der Waals surface area contributed by atoms with Gasteiger partial charge in [-0.3, -0.25) is 10.1 Å². The van der Waals surface area contributed by atoms with Crippen molar-refractivity contribution < 1.29 is 14.6 Å². The predicted octanol–water partition coefficient (Wildman–Crippen LogP) is 5.30. The minimum Gasteiger partial charge on any atom is -0.341 e. The maximum Gasteiger partial charge on any atom is 0.365 e. The molecule has 7 nitrogen and oxygen atoms in total. The minimum atomic E-state index is -0.533. The number of rotatable bonds is 5. The van der Waals surface area contributed by atoms with E-state index in [2.05, 4.69) is 9.72 Å². The number of aryl methyl sites for hydroxylation is 1. The first-order valence-corrected chi connectivity index (χ1v) is 9.51. The average molecular weight is 401 g/mol. The van der Waals surface area contributed by atoms with Gasteiger partial charge in [0, 0.05) is 40.5 Å². The van der Waals surface area contributed by atoms with E-state index in [1.165, 1.54) is 6.07 Å². The van der Waals surface area contributed by atoms with Gasteiger partial charge in [-0.2, -0.15) is 0 Å². The molecular weight excluding hydrogens is 382 g/mol. The van der Waals surface area contributed by atoms with Crippen molar-refractivity contribution in [2.45, 2.75) is 20.4 Å². The highest BCUT2D eigenvalue weighted by Crippen LogP contribution is 2.32. The monoisotopic (exact) mass is 401 g/mol. The zero-order valence-corrected chi connectivity index (χ0v) is 16.5. The highest BCUT2D eigenvalue weighted by atomic mass is 16.7. The van der Waals surface area contributed by atoms with Gasteiger partial charge in [-0.1, -0.05) is 29.4 Å². The van der Waals surface area contributed by atoms with Crippen LogP contribution in [-0.2, 0) is 11.4 Å². The first-order valence-electron chi connectivity index (χ1n) is 9.51. The minimum absolute atomic E-state index is 0.0465. The zero-order chi connectivity index (χ0) is 21.3. The van der Waals surface area contributed by atoms with Gasteiger partial charge in [0.15, 0.2) is 0 Å². The Morgan fingerprint density at radius 3 is 2.33 bits per heavy atom. The molecule has 0 atom stereocenters. The molecule has 0 spiro atoms. The van der Waals surface area contributed by atoms with Gasteiger partial charge in [0.25, 0.3) is 5.69 Å². The molecule has 1 aromatic heterocycles.